The van der Waals surface area contributed by atoms with Crippen LogP contribution >= 0.6 is 23.1 Å². The lowest BCUT2D eigenvalue weighted by molar-refractivity contribution is -0.113. The Bertz CT molecular complexity index is 850. The molecule has 0 radical (unpaired) electrons. The molecule has 5 nitrogen and oxygen atoms in total. The molecule has 2 aromatic carbocycles. The highest BCUT2D eigenvalue weighted by Gasteiger charge is 2.09. The number of hydrogen-bond acceptors (Lipinski definition) is 6. The fourth-order valence-corrected chi connectivity index (χ4v) is 3.51. The molecule has 0 unspecified atom stereocenters. The number of nitrogens with zero attached hydrogens (tertiary/aromatic N) is 2. The summed E-state index contributed by atoms with van der Waals surface area (Å²) in [6.45, 7) is 2.03. The lowest BCUT2D eigenvalue weighted by Gasteiger charge is -2.03. The molecule has 0 atom stereocenters. The number of anilines is 3. The van der Waals surface area contributed by atoms with E-state index in [1.807, 2.05) is 31.2 Å². The third-order valence-electron chi connectivity index (χ3n) is 3.16. The molecule has 2 N–H and O–H groups in total. The summed E-state index contributed by atoms with van der Waals surface area (Å²) in [6, 6.07) is 13.6. The lowest BCUT2D eigenvalue weighted by Crippen LogP contribution is -2.13. The normalized spacial score (nSPS) is 10.5. The van der Waals surface area contributed by atoms with Gasteiger partial charge in [-0.2, -0.15) is 0 Å². The number of aromatic nitrogens is 2. The molecule has 1 aromatic heterocycles. The maximum Gasteiger partial charge on any atom is 0.234 e. The molecule has 0 aliphatic heterocycles. The molecule has 0 bridgehead atoms. The van der Waals surface area contributed by atoms with Crippen molar-refractivity contribution in [1.29, 1.82) is 0 Å². The molecule has 0 fully saturated rings. The molecule has 1 heterocycles. The Hall–Kier alpha value is -2.45. The van der Waals surface area contributed by atoms with Gasteiger partial charge < -0.3 is 10.6 Å². The van der Waals surface area contributed by atoms with Gasteiger partial charge in [0, 0.05) is 11.4 Å². The van der Waals surface area contributed by atoms with Crippen LogP contribution in [0.2, 0.25) is 0 Å². The van der Waals surface area contributed by atoms with Crippen LogP contribution in [0.25, 0.3) is 0 Å². The number of nitrogens with one attached hydrogen (secondary N) is 2. The van der Waals surface area contributed by atoms with Crippen LogP contribution in [0.1, 0.15) is 5.56 Å². The van der Waals surface area contributed by atoms with Gasteiger partial charge in [0.15, 0.2) is 4.34 Å². The standard InChI is InChI=1S/C17H15FN4OS2/c1-11-2-6-14(7-3-11)20-16-21-22-17(25-16)24-10-15(23)19-13-8-4-12(18)5-9-13/h2-9H,10H2,1H3,(H,19,23)(H,20,21). The van der Waals surface area contributed by atoms with Gasteiger partial charge in [-0.3, -0.25) is 4.79 Å². The smallest absolute Gasteiger partial charge is 0.234 e. The Balaban J connectivity index is 1.50. The summed E-state index contributed by atoms with van der Waals surface area (Å²) in [5.41, 5.74) is 2.68. The van der Waals surface area contributed by atoms with Crippen LogP contribution in [-0.4, -0.2) is 21.9 Å². The van der Waals surface area contributed by atoms with Crippen LogP contribution in [0.4, 0.5) is 20.9 Å². The van der Waals surface area contributed by atoms with Gasteiger partial charge in [-0.15, -0.1) is 10.2 Å². The second-order valence-electron chi connectivity index (χ2n) is 5.21. The molecule has 0 saturated carbocycles. The van der Waals surface area contributed by atoms with E-state index in [1.165, 1.54) is 52.9 Å². The summed E-state index contributed by atoms with van der Waals surface area (Å²) >= 11 is 2.69. The number of amides is 1. The third kappa shape index (κ3) is 5.27. The van der Waals surface area contributed by atoms with Gasteiger partial charge >= 0.3 is 0 Å². The summed E-state index contributed by atoms with van der Waals surface area (Å²) < 4.78 is 13.5. The molecule has 3 aromatic rings. The van der Waals surface area contributed by atoms with Gasteiger partial charge in [0.2, 0.25) is 11.0 Å². The molecule has 8 heteroatoms. The van der Waals surface area contributed by atoms with Gasteiger partial charge in [-0.05, 0) is 43.3 Å². The highest BCUT2D eigenvalue weighted by atomic mass is 32.2. The van der Waals surface area contributed by atoms with E-state index in [1.54, 1.807) is 0 Å². The van der Waals surface area contributed by atoms with Crippen molar-refractivity contribution in [1.82, 2.24) is 10.2 Å². The fourth-order valence-electron chi connectivity index (χ4n) is 1.94. The van der Waals surface area contributed by atoms with Crippen LogP contribution in [0.15, 0.2) is 52.9 Å². The zero-order valence-corrected chi connectivity index (χ0v) is 15.0. The largest absolute Gasteiger partial charge is 0.330 e. The maximum atomic E-state index is 12.8. The number of aryl methyl sites for hydroxylation is 1. The minimum absolute atomic E-state index is 0.181. The Morgan fingerprint density at radius 2 is 1.76 bits per heavy atom. The van der Waals surface area contributed by atoms with Gasteiger partial charge in [-0.1, -0.05) is 40.8 Å². The van der Waals surface area contributed by atoms with Gasteiger partial charge in [0.05, 0.1) is 5.75 Å². The molecule has 0 aliphatic carbocycles. The first-order valence-electron chi connectivity index (χ1n) is 7.44. The van der Waals surface area contributed by atoms with E-state index >= 15 is 0 Å². The Morgan fingerprint density at radius 3 is 2.48 bits per heavy atom. The van der Waals surface area contributed by atoms with Crippen LogP contribution in [0, 0.1) is 12.7 Å². The fraction of sp³-hybridized carbons (Fsp3) is 0.118. The quantitative estimate of drug-likeness (QED) is 0.624. The molecule has 3 rings (SSSR count). The van der Waals surface area contributed by atoms with E-state index in [2.05, 4.69) is 20.8 Å². The van der Waals surface area contributed by atoms with E-state index in [9.17, 15) is 9.18 Å². The number of benzene rings is 2. The van der Waals surface area contributed by atoms with Crippen LogP contribution < -0.4 is 10.6 Å². The number of thioether (sulfide) groups is 1. The summed E-state index contributed by atoms with van der Waals surface area (Å²) in [6.07, 6.45) is 0. The van der Waals surface area contributed by atoms with E-state index in [-0.39, 0.29) is 17.5 Å². The van der Waals surface area contributed by atoms with E-state index in [4.69, 9.17) is 0 Å². The number of rotatable bonds is 6. The Kier molecular flexibility index (Phi) is 5.62. The van der Waals surface area contributed by atoms with E-state index in [0.717, 1.165) is 5.69 Å². The highest BCUT2D eigenvalue weighted by Crippen LogP contribution is 2.27. The second-order valence-corrected chi connectivity index (χ2v) is 7.41. The molecular formula is C17H15FN4OS2. The van der Waals surface area contributed by atoms with E-state index < -0.39 is 0 Å². The van der Waals surface area contributed by atoms with Gasteiger partial charge in [-0.25, -0.2) is 4.39 Å². The van der Waals surface area contributed by atoms with Crippen molar-refractivity contribution in [3.8, 4) is 0 Å². The third-order valence-corrected chi connectivity index (χ3v) is 5.14. The van der Waals surface area contributed by atoms with Gasteiger partial charge in [0.1, 0.15) is 5.82 Å². The minimum Gasteiger partial charge on any atom is -0.330 e. The van der Waals surface area contributed by atoms with Crippen molar-refractivity contribution >= 4 is 45.5 Å². The highest BCUT2D eigenvalue weighted by molar-refractivity contribution is 8.01. The number of carbonyl (C=O) groups excluding carboxylic acids is 1. The molecule has 0 spiro atoms. The summed E-state index contributed by atoms with van der Waals surface area (Å²) in [7, 11) is 0. The first-order chi connectivity index (χ1) is 12.1. The Morgan fingerprint density at radius 1 is 1.08 bits per heavy atom. The van der Waals surface area contributed by atoms with Crippen molar-refractivity contribution in [3.05, 3.63) is 59.9 Å². The zero-order valence-electron chi connectivity index (χ0n) is 13.3. The van der Waals surface area contributed by atoms with Crippen molar-refractivity contribution < 1.29 is 9.18 Å². The predicted molar refractivity (Wildman–Crippen MR) is 100 cm³/mol. The van der Waals surface area contributed by atoms with Crippen molar-refractivity contribution in [2.24, 2.45) is 0 Å². The second kappa shape index (κ2) is 8.09. The Labute approximate surface area is 152 Å². The maximum absolute atomic E-state index is 12.8. The zero-order chi connectivity index (χ0) is 17.6. The lowest BCUT2D eigenvalue weighted by atomic mass is 10.2. The summed E-state index contributed by atoms with van der Waals surface area (Å²) in [4.78, 5) is 11.9. The first kappa shape index (κ1) is 17.4. The average Bonchev–Trinajstić information content (AvgIpc) is 3.05. The predicted octanol–water partition coefficient (Wildman–Crippen LogP) is 4.46. The monoisotopic (exact) mass is 374 g/mol. The summed E-state index contributed by atoms with van der Waals surface area (Å²) in [5.74, 6) is -0.314. The average molecular weight is 374 g/mol. The minimum atomic E-state index is -0.338. The molecule has 0 aliphatic rings. The number of carbonyl (C=O) groups is 1. The van der Waals surface area contributed by atoms with Crippen LogP contribution in [0.3, 0.4) is 0 Å². The molecule has 128 valence electrons. The van der Waals surface area contributed by atoms with Crippen molar-refractivity contribution in [2.75, 3.05) is 16.4 Å². The summed E-state index contributed by atoms with van der Waals surface area (Å²) in [5, 5.41) is 14.7. The molecule has 0 saturated heterocycles. The van der Waals surface area contributed by atoms with Crippen molar-refractivity contribution in [2.45, 2.75) is 11.3 Å². The first-order valence-corrected chi connectivity index (χ1v) is 9.24. The van der Waals surface area contributed by atoms with Crippen LogP contribution in [-0.2, 0) is 4.79 Å². The molecule has 1 amide bonds. The van der Waals surface area contributed by atoms with Crippen molar-refractivity contribution in [3.63, 3.8) is 0 Å². The number of halogens is 1. The van der Waals surface area contributed by atoms with Gasteiger partial charge in [0.25, 0.3) is 0 Å². The topological polar surface area (TPSA) is 66.9 Å². The number of hydrogen-bond donors (Lipinski definition) is 2. The molecule has 25 heavy (non-hydrogen) atoms. The van der Waals surface area contributed by atoms with Crippen LogP contribution in [0.5, 0.6) is 0 Å². The SMILES string of the molecule is Cc1ccc(Nc2nnc(SCC(=O)Nc3ccc(F)cc3)s2)cc1. The molecular weight excluding hydrogens is 359 g/mol. The van der Waals surface area contributed by atoms with E-state index in [0.29, 0.717) is 15.2 Å².